The molecule has 5 nitrogen and oxygen atoms in total. The van der Waals surface area contributed by atoms with Crippen molar-refractivity contribution in [1.29, 1.82) is 5.26 Å². The summed E-state index contributed by atoms with van der Waals surface area (Å²) in [6, 6.07) is 2.22. The maximum atomic E-state index is 11.8. The highest BCUT2D eigenvalue weighted by molar-refractivity contribution is 5.68. The fraction of sp³-hybridized carbons (Fsp3) is 0.833. The molecule has 1 fully saturated rings. The average Bonchev–Trinajstić information content (AvgIpc) is 2.61. The van der Waals surface area contributed by atoms with Crippen LogP contribution in [0, 0.1) is 16.7 Å². The van der Waals surface area contributed by atoms with Crippen LogP contribution in [0.3, 0.4) is 0 Å². The lowest BCUT2D eigenvalue weighted by molar-refractivity contribution is 0.0277. The normalized spacial score (nSPS) is 24.5. The minimum atomic E-state index is -0.606. The molecule has 0 aromatic heterocycles. The smallest absolute Gasteiger partial charge is 0.410 e. The summed E-state index contributed by atoms with van der Waals surface area (Å²) in [5.74, 6) is 0. The van der Waals surface area contributed by atoms with Gasteiger partial charge in [0.05, 0.1) is 11.5 Å². The Morgan fingerprint density at radius 2 is 2.24 bits per heavy atom. The molecule has 1 rings (SSSR count). The molecule has 96 valence electrons. The van der Waals surface area contributed by atoms with E-state index in [1.165, 1.54) is 0 Å². The molecule has 1 aliphatic heterocycles. The predicted molar refractivity (Wildman–Crippen MR) is 62.2 cm³/mol. The van der Waals surface area contributed by atoms with Gasteiger partial charge in [-0.25, -0.2) is 4.79 Å². The maximum Gasteiger partial charge on any atom is 0.410 e. The molecule has 1 saturated heterocycles. The fourth-order valence-corrected chi connectivity index (χ4v) is 1.92. The molecule has 0 saturated carbocycles. The predicted octanol–water partition coefficient (Wildman–Crippen LogP) is 1.52. The summed E-state index contributed by atoms with van der Waals surface area (Å²) >= 11 is 0. The van der Waals surface area contributed by atoms with E-state index in [4.69, 9.17) is 15.1 Å². The first-order valence-electron chi connectivity index (χ1n) is 5.82. The number of nitrogens with zero attached hydrogens (tertiary/aromatic N) is 2. The summed E-state index contributed by atoms with van der Waals surface area (Å²) < 4.78 is 5.25. The quantitative estimate of drug-likeness (QED) is 0.794. The summed E-state index contributed by atoms with van der Waals surface area (Å²) in [7, 11) is 0. The van der Waals surface area contributed by atoms with Crippen molar-refractivity contribution in [2.45, 2.75) is 39.2 Å². The Hall–Kier alpha value is -1.28. The molecule has 0 radical (unpaired) electrons. The highest BCUT2D eigenvalue weighted by Crippen LogP contribution is 2.33. The summed E-state index contributed by atoms with van der Waals surface area (Å²) in [6.07, 6.45) is 0.624. The number of carbonyl (C=O) groups is 1. The molecule has 0 aromatic carbocycles. The Morgan fingerprint density at radius 1 is 1.59 bits per heavy atom. The summed E-state index contributed by atoms with van der Waals surface area (Å²) in [6.45, 7) is 6.27. The van der Waals surface area contributed by atoms with Crippen molar-refractivity contribution < 1.29 is 14.6 Å². The lowest BCUT2D eigenvalue weighted by Crippen LogP contribution is -2.36. The highest BCUT2D eigenvalue weighted by Gasteiger charge is 2.41. The molecule has 0 bridgehead atoms. The second-order valence-electron chi connectivity index (χ2n) is 5.52. The third-order valence-corrected chi connectivity index (χ3v) is 2.83. The van der Waals surface area contributed by atoms with Crippen LogP contribution < -0.4 is 0 Å². The van der Waals surface area contributed by atoms with Crippen LogP contribution in [0.4, 0.5) is 4.79 Å². The van der Waals surface area contributed by atoms with E-state index in [9.17, 15) is 4.79 Å². The molecule has 1 heterocycles. The number of ether oxygens (including phenoxy) is 1. The maximum absolute atomic E-state index is 11.8. The number of amides is 1. The highest BCUT2D eigenvalue weighted by atomic mass is 16.6. The molecule has 0 aromatic rings. The van der Waals surface area contributed by atoms with Crippen LogP contribution in [-0.4, -0.2) is 41.4 Å². The number of aliphatic hydroxyl groups excluding tert-OH is 1. The molecule has 1 N–H and O–H groups in total. The molecular weight excluding hydrogens is 220 g/mol. The van der Waals surface area contributed by atoms with Crippen LogP contribution in [0.2, 0.25) is 0 Å². The van der Waals surface area contributed by atoms with Crippen molar-refractivity contribution in [3.8, 4) is 6.07 Å². The van der Waals surface area contributed by atoms with Crippen LogP contribution in [0.5, 0.6) is 0 Å². The van der Waals surface area contributed by atoms with Crippen LogP contribution in [0.25, 0.3) is 0 Å². The topological polar surface area (TPSA) is 73.6 Å². The lowest BCUT2D eigenvalue weighted by Gasteiger charge is -2.25. The molecule has 1 atom stereocenters. The van der Waals surface area contributed by atoms with Gasteiger partial charge < -0.3 is 14.7 Å². The second kappa shape index (κ2) is 4.92. The second-order valence-corrected chi connectivity index (χ2v) is 5.52. The van der Waals surface area contributed by atoms with E-state index in [0.717, 1.165) is 0 Å². The Kier molecular flexibility index (Phi) is 3.99. The van der Waals surface area contributed by atoms with E-state index in [0.29, 0.717) is 25.9 Å². The summed E-state index contributed by atoms with van der Waals surface area (Å²) in [5.41, 5.74) is -1.13. The molecule has 0 aliphatic carbocycles. The van der Waals surface area contributed by atoms with Crippen LogP contribution in [0.1, 0.15) is 33.6 Å². The summed E-state index contributed by atoms with van der Waals surface area (Å²) in [4.78, 5) is 13.3. The lowest BCUT2D eigenvalue weighted by atomic mass is 9.86. The molecule has 1 amide bonds. The van der Waals surface area contributed by atoms with E-state index in [1.807, 2.05) is 20.8 Å². The van der Waals surface area contributed by atoms with E-state index in [-0.39, 0.29) is 12.7 Å². The number of likely N-dealkylation sites (tertiary alicyclic amines) is 1. The van der Waals surface area contributed by atoms with Crippen molar-refractivity contribution in [3.05, 3.63) is 0 Å². The number of aliphatic hydroxyl groups is 1. The van der Waals surface area contributed by atoms with Gasteiger partial charge in [-0.15, -0.1) is 0 Å². The van der Waals surface area contributed by atoms with Gasteiger partial charge in [0, 0.05) is 19.7 Å². The number of hydrogen-bond acceptors (Lipinski definition) is 4. The van der Waals surface area contributed by atoms with Crippen molar-refractivity contribution >= 4 is 6.09 Å². The van der Waals surface area contributed by atoms with Crippen molar-refractivity contribution in [1.82, 2.24) is 4.90 Å². The first-order chi connectivity index (χ1) is 7.82. The fourth-order valence-electron chi connectivity index (χ4n) is 1.92. The van der Waals surface area contributed by atoms with Gasteiger partial charge in [-0.3, -0.25) is 0 Å². The van der Waals surface area contributed by atoms with E-state index < -0.39 is 11.0 Å². The number of hydrogen-bond donors (Lipinski definition) is 1. The number of rotatable bonds is 2. The van der Waals surface area contributed by atoms with Crippen molar-refractivity contribution in [2.75, 3.05) is 19.7 Å². The Morgan fingerprint density at radius 3 is 2.71 bits per heavy atom. The van der Waals surface area contributed by atoms with E-state index in [2.05, 4.69) is 6.07 Å². The minimum absolute atomic E-state index is 0.0320. The van der Waals surface area contributed by atoms with Crippen molar-refractivity contribution in [2.24, 2.45) is 5.41 Å². The number of carbonyl (C=O) groups excluding carboxylic acids is 1. The molecule has 0 unspecified atom stereocenters. The first kappa shape index (κ1) is 13.8. The minimum Gasteiger partial charge on any atom is -0.444 e. The molecule has 0 spiro atoms. The van der Waals surface area contributed by atoms with Gasteiger partial charge in [-0.2, -0.15) is 5.26 Å². The average molecular weight is 240 g/mol. The standard InChI is InChI=1S/C12H20N2O3/c1-11(2,3)17-10(16)14-6-4-12(8-13,9-14)5-7-15/h15H,4-7,9H2,1-3H3/t12-/m0/s1. The SMILES string of the molecule is CC(C)(C)OC(=O)N1CC[C@@](C#N)(CCO)C1. The van der Waals surface area contributed by atoms with Gasteiger partial charge in [0.1, 0.15) is 5.60 Å². The Bertz CT molecular complexity index is 330. The van der Waals surface area contributed by atoms with E-state index in [1.54, 1.807) is 4.90 Å². The largest absolute Gasteiger partial charge is 0.444 e. The van der Waals surface area contributed by atoms with Gasteiger partial charge in [-0.05, 0) is 33.6 Å². The number of nitriles is 1. The molecule has 1 aliphatic rings. The van der Waals surface area contributed by atoms with Crippen LogP contribution in [0.15, 0.2) is 0 Å². The zero-order valence-electron chi connectivity index (χ0n) is 10.7. The van der Waals surface area contributed by atoms with Crippen LogP contribution in [-0.2, 0) is 4.74 Å². The zero-order chi connectivity index (χ0) is 13.1. The molecule has 17 heavy (non-hydrogen) atoms. The van der Waals surface area contributed by atoms with Crippen LogP contribution >= 0.6 is 0 Å². The third-order valence-electron chi connectivity index (χ3n) is 2.83. The van der Waals surface area contributed by atoms with Gasteiger partial charge in [0.15, 0.2) is 0 Å². The van der Waals surface area contributed by atoms with Crippen molar-refractivity contribution in [3.63, 3.8) is 0 Å². The first-order valence-corrected chi connectivity index (χ1v) is 5.82. The third kappa shape index (κ3) is 3.60. The summed E-state index contributed by atoms with van der Waals surface area (Å²) in [5, 5.41) is 18.1. The zero-order valence-corrected chi connectivity index (χ0v) is 10.7. The van der Waals surface area contributed by atoms with Gasteiger partial charge in [0.25, 0.3) is 0 Å². The van der Waals surface area contributed by atoms with Gasteiger partial charge in [0.2, 0.25) is 0 Å². The molecular formula is C12H20N2O3. The Labute approximate surface area is 102 Å². The van der Waals surface area contributed by atoms with Gasteiger partial charge >= 0.3 is 6.09 Å². The monoisotopic (exact) mass is 240 g/mol. The van der Waals surface area contributed by atoms with E-state index >= 15 is 0 Å². The van der Waals surface area contributed by atoms with Gasteiger partial charge in [-0.1, -0.05) is 0 Å². The molecule has 5 heteroatoms. The Balaban J connectivity index is 2.61.